The minimum atomic E-state index is 0.116. The van der Waals surface area contributed by atoms with Crippen molar-refractivity contribution in [2.45, 2.75) is 65.5 Å². The molecule has 0 spiro atoms. The third-order valence-electron chi connectivity index (χ3n) is 11.2. The van der Waals surface area contributed by atoms with Gasteiger partial charge in [-0.2, -0.15) is 0 Å². The first kappa shape index (κ1) is 50.0. The largest absolute Gasteiger partial charge is 0.513 e. The molecule has 6 rings (SSSR count). The fraction of sp³-hybridized carbons (Fsp3) is 0.431. The second kappa shape index (κ2) is 26.7. The zero-order valence-electron chi connectivity index (χ0n) is 38.3. The number of benzene rings is 4. The van der Waals surface area contributed by atoms with Gasteiger partial charge in [-0.3, -0.25) is 24.2 Å². The Balaban J connectivity index is 0.000000229. The number of carbonyl (C=O) groups excluding carboxylic acids is 3. The predicted molar refractivity (Wildman–Crippen MR) is 250 cm³/mol. The van der Waals surface area contributed by atoms with Gasteiger partial charge in [0, 0.05) is 102 Å². The second-order valence-corrected chi connectivity index (χ2v) is 15.8. The Morgan fingerprint density at radius 3 is 1.43 bits per heavy atom. The Bertz CT molecular complexity index is 2070. The van der Waals surface area contributed by atoms with Crippen molar-refractivity contribution in [3.8, 4) is 23.0 Å². The number of carbonyl (C=O) groups is 3. The number of aliphatic hydroxyl groups excluding tert-OH is 1. The van der Waals surface area contributed by atoms with E-state index in [9.17, 15) is 14.4 Å². The summed E-state index contributed by atoms with van der Waals surface area (Å²) in [6.45, 7) is 16.5. The average molecular weight is 865 g/mol. The van der Waals surface area contributed by atoms with Crippen LogP contribution in [0.1, 0.15) is 81.5 Å². The molecule has 12 heteroatoms. The summed E-state index contributed by atoms with van der Waals surface area (Å²) >= 11 is 0. The van der Waals surface area contributed by atoms with Crippen LogP contribution in [0.4, 0.5) is 0 Å². The van der Waals surface area contributed by atoms with Crippen molar-refractivity contribution in [1.29, 1.82) is 0 Å². The number of piperazine rings is 2. The van der Waals surface area contributed by atoms with Gasteiger partial charge in [0.05, 0.1) is 34.2 Å². The molecule has 2 fully saturated rings. The Morgan fingerprint density at radius 2 is 1.00 bits per heavy atom. The number of hydrogen-bond donors (Lipinski definition) is 2. The molecule has 0 saturated carbocycles. The van der Waals surface area contributed by atoms with Crippen LogP contribution in [-0.2, 0) is 17.9 Å². The maximum atomic E-state index is 12.6. The molecule has 2 N–H and O–H groups in total. The molecule has 2 aliphatic heterocycles. The number of ether oxygens (including phenoxy) is 4. The molecule has 2 saturated heterocycles. The molecule has 0 aromatic heterocycles. The molecule has 12 nitrogen and oxygen atoms in total. The highest BCUT2D eigenvalue weighted by Gasteiger charge is 2.22. The van der Waals surface area contributed by atoms with Gasteiger partial charge in [0.1, 0.15) is 0 Å². The van der Waals surface area contributed by atoms with Crippen LogP contribution in [0.2, 0.25) is 0 Å². The number of methoxy groups -OCH3 is 4. The van der Waals surface area contributed by atoms with Gasteiger partial charge in [0.2, 0.25) is 5.91 Å². The number of ketones is 2. The fourth-order valence-electron chi connectivity index (χ4n) is 7.55. The van der Waals surface area contributed by atoms with E-state index in [1.807, 2.05) is 91.5 Å². The van der Waals surface area contributed by atoms with E-state index in [1.165, 1.54) is 5.56 Å². The van der Waals surface area contributed by atoms with Crippen LogP contribution >= 0.6 is 0 Å². The van der Waals surface area contributed by atoms with Gasteiger partial charge in [-0.15, -0.1) is 0 Å². The number of amides is 1. The number of rotatable bonds is 18. The van der Waals surface area contributed by atoms with Crippen molar-refractivity contribution < 1.29 is 38.4 Å². The van der Waals surface area contributed by atoms with Crippen LogP contribution in [0.5, 0.6) is 23.0 Å². The maximum absolute atomic E-state index is 12.6. The van der Waals surface area contributed by atoms with E-state index in [-0.39, 0.29) is 23.2 Å². The van der Waals surface area contributed by atoms with E-state index in [1.54, 1.807) is 28.4 Å². The summed E-state index contributed by atoms with van der Waals surface area (Å²) in [7, 11) is 6.60. The van der Waals surface area contributed by atoms with Crippen molar-refractivity contribution in [2.75, 3.05) is 80.8 Å². The standard InChI is InChI=1S/C25H32N2O4.C13H20N2O2.C13H16O2/c1-19-7-4-5-8-21(19)22(28)9-6-10-25(29)27-15-13-26(14-16-27)18-20-11-12-23(30-2)24(17-20)31-3;1-16-12-4-3-11(9-13(12)17-2)10-15-7-5-14-6-8-15;1-10-6-3-4-8-12(10)13(15)9-5-7-11(2)14/h4-5,7-8,11-12,17H,6,9-10,13-16,18H2,1-3H3;3-4,9,14H,5-8,10H2,1-2H3;3-4,6,8,14H,2,5,7,9H2,1H3. The van der Waals surface area contributed by atoms with Gasteiger partial charge in [0.25, 0.3) is 0 Å². The van der Waals surface area contributed by atoms with Crippen LogP contribution in [0, 0.1) is 13.8 Å². The first-order chi connectivity index (χ1) is 30.5. The van der Waals surface area contributed by atoms with E-state index in [4.69, 9.17) is 24.1 Å². The molecule has 340 valence electrons. The van der Waals surface area contributed by atoms with E-state index >= 15 is 0 Å². The molecular weight excluding hydrogens is 797 g/mol. The number of hydrogen-bond acceptors (Lipinski definition) is 11. The number of aliphatic hydroxyl groups is 1. The molecule has 4 aromatic carbocycles. The van der Waals surface area contributed by atoms with Crippen molar-refractivity contribution in [3.63, 3.8) is 0 Å². The van der Waals surface area contributed by atoms with Gasteiger partial charge in [-0.25, -0.2) is 0 Å². The zero-order chi connectivity index (χ0) is 45.6. The van der Waals surface area contributed by atoms with Crippen molar-refractivity contribution in [3.05, 3.63) is 131 Å². The molecule has 63 heavy (non-hydrogen) atoms. The lowest BCUT2D eigenvalue weighted by Gasteiger charge is -2.35. The normalized spacial score (nSPS) is 14.0. The second-order valence-electron chi connectivity index (χ2n) is 15.8. The SMILES string of the molecule is C=C(O)CCCC(=O)c1ccccc1C.COc1ccc(CN2CCN(C(=O)CCCC(=O)c3ccccc3C)CC2)cc1OC.COc1ccc(CN2CCNCC2)cc1OC. The molecule has 0 aliphatic carbocycles. The number of Topliss-reactive ketones (excluding diaryl/α,β-unsaturated/α-hetero) is 2. The molecule has 2 aliphatic rings. The molecule has 0 bridgehead atoms. The highest BCUT2D eigenvalue weighted by molar-refractivity contribution is 5.98. The minimum Gasteiger partial charge on any atom is -0.513 e. The van der Waals surface area contributed by atoms with Crippen molar-refractivity contribution in [1.82, 2.24) is 20.0 Å². The Hall–Kier alpha value is -5.69. The van der Waals surface area contributed by atoms with Crippen LogP contribution < -0.4 is 24.3 Å². The fourth-order valence-corrected chi connectivity index (χ4v) is 7.55. The average Bonchev–Trinajstić information content (AvgIpc) is 3.30. The molecular formula is C51H68N4O8. The molecule has 4 aromatic rings. The summed E-state index contributed by atoms with van der Waals surface area (Å²) in [4.78, 5) is 43.4. The molecule has 1 amide bonds. The third-order valence-corrected chi connectivity index (χ3v) is 11.2. The van der Waals surface area contributed by atoms with E-state index < -0.39 is 0 Å². The minimum absolute atomic E-state index is 0.116. The summed E-state index contributed by atoms with van der Waals surface area (Å²) in [5.74, 6) is 3.59. The van der Waals surface area contributed by atoms with E-state index in [2.05, 4.69) is 33.8 Å². The van der Waals surface area contributed by atoms with Gasteiger partial charge in [-0.1, -0.05) is 67.2 Å². The Kier molecular flexibility index (Phi) is 21.2. The summed E-state index contributed by atoms with van der Waals surface area (Å²) in [6, 6.07) is 27.3. The Labute approximate surface area is 374 Å². The van der Waals surface area contributed by atoms with Gasteiger partial charge in [0.15, 0.2) is 34.6 Å². The highest BCUT2D eigenvalue weighted by atomic mass is 16.5. The van der Waals surface area contributed by atoms with Crippen LogP contribution in [0.25, 0.3) is 0 Å². The monoisotopic (exact) mass is 865 g/mol. The van der Waals surface area contributed by atoms with Gasteiger partial charge in [-0.05, 0) is 73.2 Å². The summed E-state index contributed by atoms with van der Waals surface area (Å²) in [5.41, 5.74) is 5.96. The van der Waals surface area contributed by atoms with Gasteiger partial charge >= 0.3 is 0 Å². The number of nitrogens with one attached hydrogen (secondary N) is 1. The first-order valence-electron chi connectivity index (χ1n) is 21.9. The molecule has 0 radical (unpaired) electrons. The molecule has 2 heterocycles. The molecule has 0 unspecified atom stereocenters. The zero-order valence-corrected chi connectivity index (χ0v) is 38.3. The summed E-state index contributed by atoms with van der Waals surface area (Å²) in [6.07, 6.45) is 3.05. The third kappa shape index (κ3) is 16.5. The smallest absolute Gasteiger partial charge is 0.222 e. The topological polar surface area (TPSA) is 130 Å². The van der Waals surface area contributed by atoms with Crippen molar-refractivity contribution in [2.24, 2.45) is 0 Å². The molecule has 0 atom stereocenters. The number of aryl methyl sites for hydroxylation is 2. The summed E-state index contributed by atoms with van der Waals surface area (Å²) in [5, 5.41) is 12.2. The Morgan fingerprint density at radius 1 is 0.571 bits per heavy atom. The number of allylic oxidation sites excluding steroid dienone is 1. The van der Waals surface area contributed by atoms with Gasteiger partial charge < -0.3 is 34.3 Å². The van der Waals surface area contributed by atoms with Crippen LogP contribution in [0.15, 0.2) is 97.3 Å². The lowest BCUT2D eigenvalue weighted by Crippen LogP contribution is -2.48. The lowest BCUT2D eigenvalue weighted by atomic mass is 10.0. The van der Waals surface area contributed by atoms with Crippen molar-refractivity contribution >= 4 is 17.5 Å². The van der Waals surface area contributed by atoms with Crippen LogP contribution in [-0.4, -0.2) is 118 Å². The highest BCUT2D eigenvalue weighted by Crippen LogP contribution is 2.29. The quantitative estimate of drug-likeness (QED) is 0.0742. The lowest BCUT2D eigenvalue weighted by molar-refractivity contribution is -0.133. The number of nitrogens with zero attached hydrogens (tertiary/aromatic N) is 3. The first-order valence-corrected chi connectivity index (χ1v) is 21.9. The predicted octanol–water partition coefficient (Wildman–Crippen LogP) is 8.24. The maximum Gasteiger partial charge on any atom is 0.222 e. The van der Waals surface area contributed by atoms with E-state index in [0.29, 0.717) is 38.5 Å². The van der Waals surface area contributed by atoms with Crippen LogP contribution in [0.3, 0.4) is 0 Å². The summed E-state index contributed by atoms with van der Waals surface area (Å²) < 4.78 is 21.2. The van der Waals surface area contributed by atoms with E-state index in [0.717, 1.165) is 116 Å².